The third kappa shape index (κ3) is 4.15. The Kier molecular flexibility index (Phi) is 5.16. The van der Waals surface area contributed by atoms with Gasteiger partial charge in [0, 0.05) is 23.9 Å². The zero-order chi connectivity index (χ0) is 16.9. The van der Waals surface area contributed by atoms with Crippen LogP contribution in [0.2, 0.25) is 0 Å². The van der Waals surface area contributed by atoms with E-state index in [1.165, 1.54) is 11.3 Å². The van der Waals surface area contributed by atoms with E-state index in [9.17, 15) is 4.79 Å². The summed E-state index contributed by atoms with van der Waals surface area (Å²) in [5.74, 6) is 0.628. The van der Waals surface area contributed by atoms with E-state index in [0.717, 1.165) is 22.3 Å². The summed E-state index contributed by atoms with van der Waals surface area (Å²) in [7, 11) is 0. The zero-order valence-electron chi connectivity index (χ0n) is 13.0. The van der Waals surface area contributed by atoms with Crippen molar-refractivity contribution in [1.29, 1.82) is 0 Å². The molecule has 3 rings (SSSR count). The van der Waals surface area contributed by atoms with E-state index < -0.39 is 0 Å². The van der Waals surface area contributed by atoms with Crippen LogP contribution < -0.4 is 5.32 Å². The summed E-state index contributed by atoms with van der Waals surface area (Å²) in [6, 6.07) is 3.55. The molecule has 0 unspecified atom stereocenters. The van der Waals surface area contributed by atoms with Crippen LogP contribution in [0.5, 0.6) is 0 Å². The van der Waals surface area contributed by atoms with Crippen molar-refractivity contribution in [3.8, 4) is 11.5 Å². The van der Waals surface area contributed by atoms with Crippen molar-refractivity contribution in [2.24, 2.45) is 0 Å². The molecule has 1 N–H and O–H groups in total. The topological polar surface area (TPSA) is 107 Å². The van der Waals surface area contributed by atoms with E-state index in [4.69, 9.17) is 4.42 Å². The minimum atomic E-state index is -0.199. The Balaban J connectivity index is 1.54. The fourth-order valence-corrected chi connectivity index (χ4v) is 3.01. The molecule has 8 nitrogen and oxygen atoms in total. The van der Waals surface area contributed by atoms with Gasteiger partial charge in [0.05, 0.1) is 5.75 Å². The van der Waals surface area contributed by atoms with Crippen LogP contribution in [0.25, 0.3) is 11.5 Å². The second-order valence-corrected chi connectivity index (χ2v) is 6.98. The smallest absolute Gasteiger partial charge is 0.277 e. The maximum Gasteiger partial charge on any atom is 0.277 e. The molecule has 0 saturated carbocycles. The second kappa shape index (κ2) is 7.49. The van der Waals surface area contributed by atoms with Gasteiger partial charge in [0.2, 0.25) is 16.9 Å². The Morgan fingerprint density at radius 1 is 1.25 bits per heavy atom. The van der Waals surface area contributed by atoms with Crippen molar-refractivity contribution >= 4 is 34.1 Å². The largest absolute Gasteiger partial charge is 0.411 e. The highest BCUT2D eigenvalue weighted by atomic mass is 32.2. The van der Waals surface area contributed by atoms with Crippen LogP contribution in [0.3, 0.4) is 0 Å². The summed E-state index contributed by atoms with van der Waals surface area (Å²) in [5.41, 5.74) is 0.781. The molecule has 0 spiro atoms. The Bertz CT molecular complexity index is 818. The number of carbonyl (C=O) groups excluding carboxylic acids is 1. The number of pyridine rings is 1. The molecule has 3 aromatic heterocycles. The first-order chi connectivity index (χ1) is 11.6. The number of anilines is 1. The summed E-state index contributed by atoms with van der Waals surface area (Å²) in [6.45, 7) is 4.05. The molecule has 10 heteroatoms. The lowest BCUT2D eigenvalue weighted by molar-refractivity contribution is -0.113. The Hall–Kier alpha value is -2.33. The molecule has 0 aliphatic rings. The quantitative estimate of drug-likeness (QED) is 0.667. The molecule has 124 valence electrons. The number of nitrogens with zero attached hydrogens (tertiary/aromatic N) is 5. The molecule has 0 aromatic carbocycles. The number of hydrogen-bond donors (Lipinski definition) is 1. The molecule has 0 aliphatic carbocycles. The van der Waals surface area contributed by atoms with Crippen LogP contribution in [0, 0.1) is 0 Å². The van der Waals surface area contributed by atoms with Crippen molar-refractivity contribution in [3.63, 3.8) is 0 Å². The van der Waals surface area contributed by atoms with Gasteiger partial charge in [-0.2, -0.15) is 0 Å². The predicted octanol–water partition coefficient (Wildman–Crippen LogP) is 2.84. The van der Waals surface area contributed by atoms with E-state index >= 15 is 0 Å². The fraction of sp³-hybridized carbons (Fsp3) is 0.286. The third-order valence-electron chi connectivity index (χ3n) is 2.84. The van der Waals surface area contributed by atoms with Gasteiger partial charge in [0.1, 0.15) is 5.01 Å². The average molecular weight is 362 g/mol. The van der Waals surface area contributed by atoms with Gasteiger partial charge in [0.15, 0.2) is 0 Å². The van der Waals surface area contributed by atoms with Crippen LogP contribution in [-0.2, 0) is 4.79 Å². The van der Waals surface area contributed by atoms with Crippen molar-refractivity contribution in [1.82, 2.24) is 25.4 Å². The summed E-state index contributed by atoms with van der Waals surface area (Å²) < 4.78 is 5.51. The van der Waals surface area contributed by atoms with Crippen molar-refractivity contribution in [2.45, 2.75) is 25.0 Å². The Morgan fingerprint density at radius 2 is 2.04 bits per heavy atom. The van der Waals surface area contributed by atoms with E-state index in [-0.39, 0.29) is 17.6 Å². The summed E-state index contributed by atoms with van der Waals surface area (Å²) in [6.07, 6.45) is 3.29. The van der Waals surface area contributed by atoms with Gasteiger partial charge in [0.25, 0.3) is 5.22 Å². The van der Waals surface area contributed by atoms with Gasteiger partial charge < -0.3 is 4.42 Å². The highest BCUT2D eigenvalue weighted by molar-refractivity contribution is 7.99. The maximum absolute atomic E-state index is 12.0. The minimum absolute atomic E-state index is 0.147. The van der Waals surface area contributed by atoms with E-state index in [1.54, 1.807) is 24.5 Å². The molecule has 0 atom stereocenters. The van der Waals surface area contributed by atoms with Crippen LogP contribution in [0.15, 0.2) is 34.2 Å². The maximum atomic E-state index is 12.0. The summed E-state index contributed by atoms with van der Waals surface area (Å²) in [5, 5.41) is 20.3. The zero-order valence-corrected chi connectivity index (χ0v) is 14.6. The molecular formula is C14H14N6O2S2. The predicted molar refractivity (Wildman–Crippen MR) is 90.9 cm³/mol. The van der Waals surface area contributed by atoms with Gasteiger partial charge in [-0.05, 0) is 12.1 Å². The molecule has 0 bridgehead atoms. The van der Waals surface area contributed by atoms with Crippen LogP contribution in [-0.4, -0.2) is 37.0 Å². The molecule has 0 radical (unpaired) electrons. The van der Waals surface area contributed by atoms with Gasteiger partial charge in [-0.1, -0.05) is 36.9 Å². The monoisotopic (exact) mass is 362 g/mol. The Morgan fingerprint density at radius 3 is 2.75 bits per heavy atom. The van der Waals surface area contributed by atoms with E-state index in [1.807, 2.05) is 13.8 Å². The number of rotatable bonds is 6. The SMILES string of the molecule is CC(C)c1nnc(NC(=O)CSc2nnc(-c3ccncc3)o2)s1. The lowest BCUT2D eigenvalue weighted by atomic mass is 10.2. The first-order valence-corrected chi connectivity index (χ1v) is 8.92. The first kappa shape index (κ1) is 16.5. The standard InChI is InChI=1S/C14H14N6O2S2/c1-8(2)12-18-19-13(24-12)16-10(21)7-23-14-20-17-11(22-14)9-3-5-15-6-4-9/h3-6,8H,7H2,1-2H3,(H,16,19,21). The molecule has 24 heavy (non-hydrogen) atoms. The van der Waals surface area contributed by atoms with E-state index in [0.29, 0.717) is 16.2 Å². The molecule has 0 aliphatic heterocycles. The molecule has 3 aromatic rings. The van der Waals surface area contributed by atoms with Gasteiger partial charge in [-0.15, -0.1) is 20.4 Å². The summed E-state index contributed by atoms with van der Waals surface area (Å²) >= 11 is 2.54. The number of aromatic nitrogens is 5. The van der Waals surface area contributed by atoms with Crippen molar-refractivity contribution in [3.05, 3.63) is 29.5 Å². The molecule has 0 fully saturated rings. The summed E-state index contributed by atoms with van der Waals surface area (Å²) in [4.78, 5) is 15.9. The average Bonchev–Trinajstić information content (AvgIpc) is 3.23. The number of hydrogen-bond acceptors (Lipinski definition) is 9. The second-order valence-electron chi connectivity index (χ2n) is 5.05. The van der Waals surface area contributed by atoms with Crippen molar-refractivity contribution in [2.75, 3.05) is 11.1 Å². The van der Waals surface area contributed by atoms with E-state index in [2.05, 4.69) is 30.7 Å². The fourth-order valence-electron chi connectivity index (χ4n) is 1.68. The highest BCUT2D eigenvalue weighted by Crippen LogP contribution is 2.24. The Labute approximate surface area is 146 Å². The molecule has 0 saturated heterocycles. The lowest BCUT2D eigenvalue weighted by Crippen LogP contribution is -2.13. The number of nitrogens with one attached hydrogen (secondary N) is 1. The number of amides is 1. The first-order valence-electron chi connectivity index (χ1n) is 7.12. The third-order valence-corrected chi connectivity index (χ3v) is 4.80. The minimum Gasteiger partial charge on any atom is -0.411 e. The molecular weight excluding hydrogens is 348 g/mol. The van der Waals surface area contributed by atoms with Crippen LogP contribution >= 0.6 is 23.1 Å². The molecule has 1 amide bonds. The lowest BCUT2D eigenvalue weighted by Gasteiger charge is -1.98. The number of carbonyl (C=O) groups is 1. The number of thioether (sulfide) groups is 1. The van der Waals surface area contributed by atoms with Crippen molar-refractivity contribution < 1.29 is 9.21 Å². The van der Waals surface area contributed by atoms with Gasteiger partial charge in [-0.25, -0.2) is 0 Å². The highest BCUT2D eigenvalue weighted by Gasteiger charge is 2.13. The van der Waals surface area contributed by atoms with Gasteiger partial charge in [-0.3, -0.25) is 15.1 Å². The molecule has 3 heterocycles. The van der Waals surface area contributed by atoms with Crippen LogP contribution in [0.1, 0.15) is 24.8 Å². The normalized spacial score (nSPS) is 11.0. The van der Waals surface area contributed by atoms with Crippen LogP contribution in [0.4, 0.5) is 5.13 Å². The van der Waals surface area contributed by atoms with Gasteiger partial charge >= 0.3 is 0 Å².